The van der Waals surface area contributed by atoms with Crippen molar-refractivity contribution in [1.29, 1.82) is 0 Å². The second kappa shape index (κ2) is 5.93. The fourth-order valence-electron chi connectivity index (χ4n) is 2.32. The highest BCUT2D eigenvalue weighted by Gasteiger charge is 2.28. The molecule has 1 aromatic rings. The van der Waals surface area contributed by atoms with Gasteiger partial charge >= 0.3 is 0 Å². The van der Waals surface area contributed by atoms with Crippen molar-refractivity contribution in [2.75, 3.05) is 27.2 Å². The SMILES string of the molecule is CN(C)C(=O)c1ccc(S(=O)(=O)C2CCCNC2)cc1. The summed E-state index contributed by atoms with van der Waals surface area (Å²) < 4.78 is 24.9. The molecule has 1 atom stereocenters. The van der Waals surface area contributed by atoms with Gasteiger partial charge in [0.15, 0.2) is 9.84 Å². The molecule has 0 spiro atoms. The number of benzene rings is 1. The molecular formula is C14H20N2O3S. The summed E-state index contributed by atoms with van der Waals surface area (Å²) in [5.74, 6) is -0.131. The molecule has 1 N–H and O–H groups in total. The molecule has 1 fully saturated rings. The van der Waals surface area contributed by atoms with Crippen molar-refractivity contribution in [1.82, 2.24) is 10.2 Å². The number of amides is 1. The van der Waals surface area contributed by atoms with E-state index in [1.165, 1.54) is 17.0 Å². The Balaban J connectivity index is 2.22. The lowest BCUT2D eigenvalue weighted by molar-refractivity contribution is 0.0827. The zero-order valence-electron chi connectivity index (χ0n) is 11.8. The summed E-state index contributed by atoms with van der Waals surface area (Å²) in [5, 5.41) is 2.75. The lowest BCUT2D eigenvalue weighted by Gasteiger charge is -2.22. The molecule has 0 bridgehead atoms. The summed E-state index contributed by atoms with van der Waals surface area (Å²) in [4.78, 5) is 13.5. The monoisotopic (exact) mass is 296 g/mol. The molecular weight excluding hydrogens is 276 g/mol. The molecule has 5 nitrogen and oxygen atoms in total. The number of hydrogen-bond acceptors (Lipinski definition) is 4. The third kappa shape index (κ3) is 3.02. The van der Waals surface area contributed by atoms with Crippen molar-refractivity contribution in [3.05, 3.63) is 29.8 Å². The first kappa shape index (κ1) is 15.0. The summed E-state index contributed by atoms with van der Waals surface area (Å²) in [6.07, 6.45) is 1.56. The van der Waals surface area contributed by atoms with Gasteiger partial charge in [-0.3, -0.25) is 4.79 Å². The van der Waals surface area contributed by atoms with Gasteiger partial charge in [-0.05, 0) is 43.7 Å². The first-order chi connectivity index (χ1) is 9.43. The summed E-state index contributed by atoms with van der Waals surface area (Å²) in [5.41, 5.74) is 0.496. The summed E-state index contributed by atoms with van der Waals surface area (Å²) >= 11 is 0. The minimum Gasteiger partial charge on any atom is -0.345 e. The van der Waals surface area contributed by atoms with Crippen LogP contribution in [0.1, 0.15) is 23.2 Å². The Morgan fingerprint density at radius 2 is 1.90 bits per heavy atom. The van der Waals surface area contributed by atoms with Crippen molar-refractivity contribution in [2.45, 2.75) is 23.0 Å². The van der Waals surface area contributed by atoms with E-state index in [9.17, 15) is 13.2 Å². The normalized spacial score (nSPS) is 19.6. The van der Waals surface area contributed by atoms with Crippen molar-refractivity contribution in [3.8, 4) is 0 Å². The zero-order valence-corrected chi connectivity index (χ0v) is 12.6. The lowest BCUT2D eigenvalue weighted by Crippen LogP contribution is -2.38. The topological polar surface area (TPSA) is 66.5 Å². The van der Waals surface area contributed by atoms with Crippen LogP contribution in [0.15, 0.2) is 29.2 Å². The van der Waals surface area contributed by atoms with Gasteiger partial charge in [0.25, 0.3) is 5.91 Å². The number of nitrogens with zero attached hydrogens (tertiary/aromatic N) is 1. The minimum absolute atomic E-state index is 0.131. The van der Waals surface area contributed by atoms with Gasteiger partial charge in [0, 0.05) is 26.2 Å². The highest BCUT2D eigenvalue weighted by molar-refractivity contribution is 7.92. The van der Waals surface area contributed by atoms with Crippen molar-refractivity contribution >= 4 is 15.7 Å². The highest BCUT2D eigenvalue weighted by Crippen LogP contribution is 2.21. The smallest absolute Gasteiger partial charge is 0.253 e. The van der Waals surface area contributed by atoms with E-state index in [0.717, 1.165) is 13.0 Å². The van der Waals surface area contributed by atoms with Crippen LogP contribution < -0.4 is 5.32 Å². The van der Waals surface area contributed by atoms with Gasteiger partial charge in [0.05, 0.1) is 10.1 Å². The fraction of sp³-hybridized carbons (Fsp3) is 0.500. The van der Waals surface area contributed by atoms with Gasteiger partial charge in [-0.2, -0.15) is 0 Å². The van der Waals surface area contributed by atoms with E-state index in [1.54, 1.807) is 26.2 Å². The van der Waals surface area contributed by atoms with E-state index in [1.807, 2.05) is 0 Å². The van der Waals surface area contributed by atoms with Crippen LogP contribution in [-0.4, -0.2) is 51.7 Å². The van der Waals surface area contributed by atoms with E-state index in [0.29, 0.717) is 23.4 Å². The highest BCUT2D eigenvalue weighted by atomic mass is 32.2. The lowest BCUT2D eigenvalue weighted by atomic mass is 10.2. The van der Waals surface area contributed by atoms with Crippen molar-refractivity contribution in [2.24, 2.45) is 0 Å². The molecule has 0 radical (unpaired) electrons. The molecule has 1 aromatic carbocycles. The standard InChI is InChI=1S/C14H20N2O3S/c1-16(2)14(17)11-5-7-12(8-6-11)20(18,19)13-4-3-9-15-10-13/h5-8,13,15H,3-4,9-10H2,1-2H3. The van der Waals surface area contributed by atoms with E-state index in [2.05, 4.69) is 5.32 Å². The average Bonchev–Trinajstić information content (AvgIpc) is 2.47. The Morgan fingerprint density at radius 1 is 1.25 bits per heavy atom. The molecule has 1 saturated heterocycles. The predicted molar refractivity (Wildman–Crippen MR) is 77.5 cm³/mol. The maximum absolute atomic E-state index is 12.5. The van der Waals surface area contributed by atoms with Gasteiger partial charge in [0.1, 0.15) is 0 Å². The molecule has 0 aliphatic carbocycles. The predicted octanol–water partition coefficient (Wildman–Crippen LogP) is 0.914. The van der Waals surface area contributed by atoms with Crippen LogP contribution in [0.3, 0.4) is 0 Å². The number of sulfone groups is 1. The van der Waals surface area contributed by atoms with Gasteiger partial charge in [-0.1, -0.05) is 0 Å². The molecule has 1 heterocycles. The first-order valence-corrected chi connectivity index (χ1v) is 8.24. The third-order valence-corrected chi connectivity index (χ3v) is 5.74. The first-order valence-electron chi connectivity index (χ1n) is 6.69. The largest absolute Gasteiger partial charge is 0.345 e. The average molecular weight is 296 g/mol. The van der Waals surface area contributed by atoms with Crippen LogP contribution in [-0.2, 0) is 9.84 Å². The quantitative estimate of drug-likeness (QED) is 0.900. The van der Waals surface area contributed by atoms with Gasteiger partial charge in [-0.15, -0.1) is 0 Å². The van der Waals surface area contributed by atoms with Crippen LogP contribution in [0.4, 0.5) is 0 Å². The summed E-state index contributed by atoms with van der Waals surface area (Å²) in [7, 11) is 0.0225. The molecule has 6 heteroatoms. The van der Waals surface area contributed by atoms with Gasteiger partial charge in [-0.25, -0.2) is 8.42 Å². The Labute approximate surface area is 119 Å². The number of rotatable bonds is 3. The van der Waals surface area contributed by atoms with Crippen LogP contribution in [0.2, 0.25) is 0 Å². The maximum atomic E-state index is 12.5. The van der Waals surface area contributed by atoms with Crippen LogP contribution in [0, 0.1) is 0 Å². The molecule has 20 heavy (non-hydrogen) atoms. The molecule has 2 rings (SSSR count). The second-order valence-corrected chi connectivity index (χ2v) is 7.47. The van der Waals surface area contributed by atoms with E-state index in [4.69, 9.17) is 0 Å². The Bertz CT molecular complexity index is 573. The van der Waals surface area contributed by atoms with Gasteiger partial charge < -0.3 is 10.2 Å². The second-order valence-electron chi connectivity index (χ2n) is 5.24. The minimum atomic E-state index is -3.31. The summed E-state index contributed by atoms with van der Waals surface area (Å²) in [6, 6.07) is 6.21. The van der Waals surface area contributed by atoms with Crippen molar-refractivity contribution in [3.63, 3.8) is 0 Å². The number of carbonyl (C=O) groups is 1. The van der Waals surface area contributed by atoms with Crippen LogP contribution in [0.5, 0.6) is 0 Å². The number of piperidine rings is 1. The van der Waals surface area contributed by atoms with E-state index in [-0.39, 0.29) is 11.2 Å². The molecule has 1 unspecified atom stereocenters. The number of nitrogens with one attached hydrogen (secondary N) is 1. The molecule has 1 aliphatic rings. The van der Waals surface area contributed by atoms with Gasteiger partial charge in [0.2, 0.25) is 0 Å². The molecule has 1 aliphatic heterocycles. The Hall–Kier alpha value is -1.40. The zero-order chi connectivity index (χ0) is 14.8. The third-order valence-electron chi connectivity index (χ3n) is 3.53. The Kier molecular flexibility index (Phi) is 4.45. The Morgan fingerprint density at radius 3 is 2.40 bits per heavy atom. The molecule has 1 amide bonds. The number of carbonyl (C=O) groups excluding carboxylic acids is 1. The van der Waals surface area contributed by atoms with E-state index >= 15 is 0 Å². The van der Waals surface area contributed by atoms with Crippen LogP contribution in [0.25, 0.3) is 0 Å². The molecule has 0 aromatic heterocycles. The molecule has 0 saturated carbocycles. The summed E-state index contributed by atoms with van der Waals surface area (Å²) in [6.45, 7) is 1.38. The van der Waals surface area contributed by atoms with Crippen molar-refractivity contribution < 1.29 is 13.2 Å². The number of hydrogen-bond donors (Lipinski definition) is 1. The fourth-order valence-corrected chi connectivity index (χ4v) is 4.04. The maximum Gasteiger partial charge on any atom is 0.253 e. The van der Waals surface area contributed by atoms with E-state index < -0.39 is 9.84 Å². The molecule has 110 valence electrons. The van der Waals surface area contributed by atoms with Crippen LogP contribution >= 0.6 is 0 Å².